The standard InChI is InChI=1S/C28H37NO5/c1-2-3-4-5-6-7-16-27(30)33-20-19-32-18-17-29-28(31)34-21-26-24-14-10-8-12-22(24)23-13-9-11-15-25(23)26/h8-15,26H,2-7,16-21H2,1H3,(H,29,31). The SMILES string of the molecule is CCCCCCCCC(=O)OCCOCCNC(=O)OCC1c2ccccc2-c2ccccc21. The van der Waals surface area contributed by atoms with Crippen LogP contribution in [0.1, 0.15) is 68.9 Å². The van der Waals surface area contributed by atoms with Gasteiger partial charge in [-0.3, -0.25) is 4.79 Å². The highest BCUT2D eigenvalue weighted by atomic mass is 16.6. The van der Waals surface area contributed by atoms with Gasteiger partial charge < -0.3 is 19.5 Å². The van der Waals surface area contributed by atoms with E-state index in [1.54, 1.807) is 0 Å². The van der Waals surface area contributed by atoms with Crippen molar-refractivity contribution in [3.05, 3.63) is 59.7 Å². The summed E-state index contributed by atoms with van der Waals surface area (Å²) in [4.78, 5) is 23.8. The highest BCUT2D eigenvalue weighted by Gasteiger charge is 2.28. The molecule has 3 rings (SSSR count). The molecule has 0 spiro atoms. The van der Waals surface area contributed by atoms with Crippen molar-refractivity contribution in [1.82, 2.24) is 5.32 Å². The van der Waals surface area contributed by atoms with Crippen LogP contribution in [0.25, 0.3) is 11.1 Å². The van der Waals surface area contributed by atoms with E-state index in [0.29, 0.717) is 26.2 Å². The van der Waals surface area contributed by atoms with Gasteiger partial charge in [-0.2, -0.15) is 0 Å². The van der Waals surface area contributed by atoms with Gasteiger partial charge in [-0.1, -0.05) is 87.6 Å². The summed E-state index contributed by atoms with van der Waals surface area (Å²) >= 11 is 0. The zero-order valence-electron chi connectivity index (χ0n) is 20.2. The Bertz CT molecular complexity index is 868. The van der Waals surface area contributed by atoms with E-state index < -0.39 is 6.09 Å². The molecule has 0 aromatic heterocycles. The molecule has 0 heterocycles. The van der Waals surface area contributed by atoms with Crippen molar-refractivity contribution in [1.29, 1.82) is 0 Å². The van der Waals surface area contributed by atoms with Crippen LogP contribution in [0.15, 0.2) is 48.5 Å². The summed E-state index contributed by atoms with van der Waals surface area (Å²) in [5.74, 6) is -0.128. The number of alkyl carbamates (subject to hydrolysis) is 1. The molecule has 1 aliphatic carbocycles. The van der Waals surface area contributed by atoms with Crippen LogP contribution >= 0.6 is 0 Å². The maximum Gasteiger partial charge on any atom is 0.407 e. The van der Waals surface area contributed by atoms with Crippen LogP contribution in [0.5, 0.6) is 0 Å². The molecule has 0 aliphatic heterocycles. The number of unbranched alkanes of at least 4 members (excludes halogenated alkanes) is 5. The molecule has 6 nitrogen and oxygen atoms in total. The maximum absolute atomic E-state index is 12.1. The highest BCUT2D eigenvalue weighted by Crippen LogP contribution is 2.44. The van der Waals surface area contributed by atoms with Crippen molar-refractivity contribution < 1.29 is 23.8 Å². The minimum absolute atomic E-state index is 0.0421. The molecule has 0 bridgehead atoms. The van der Waals surface area contributed by atoms with Crippen LogP contribution in [0, 0.1) is 0 Å². The fourth-order valence-electron chi connectivity index (χ4n) is 4.31. The number of hydrogen-bond donors (Lipinski definition) is 1. The van der Waals surface area contributed by atoms with Crippen molar-refractivity contribution in [2.75, 3.05) is 33.0 Å². The Hall–Kier alpha value is -2.86. The molecule has 2 aromatic carbocycles. The Morgan fingerprint density at radius 1 is 0.794 bits per heavy atom. The van der Waals surface area contributed by atoms with Gasteiger partial charge in [-0.05, 0) is 28.7 Å². The number of amides is 1. The van der Waals surface area contributed by atoms with E-state index in [9.17, 15) is 9.59 Å². The number of benzene rings is 2. The second kappa shape index (κ2) is 14.4. The van der Waals surface area contributed by atoms with Gasteiger partial charge in [0.25, 0.3) is 0 Å². The molecule has 6 heteroatoms. The van der Waals surface area contributed by atoms with Gasteiger partial charge in [-0.25, -0.2) is 4.79 Å². The number of ether oxygens (including phenoxy) is 3. The molecule has 0 radical (unpaired) electrons. The Balaban J connectivity index is 1.23. The third-order valence-corrected chi connectivity index (χ3v) is 6.08. The molecular weight excluding hydrogens is 430 g/mol. The van der Waals surface area contributed by atoms with E-state index >= 15 is 0 Å². The predicted molar refractivity (Wildman–Crippen MR) is 133 cm³/mol. The number of hydrogen-bond acceptors (Lipinski definition) is 5. The second-order valence-corrected chi connectivity index (χ2v) is 8.60. The molecule has 34 heavy (non-hydrogen) atoms. The Morgan fingerprint density at radius 2 is 1.44 bits per heavy atom. The van der Waals surface area contributed by atoms with Crippen LogP contribution in [0.4, 0.5) is 4.79 Å². The van der Waals surface area contributed by atoms with Crippen LogP contribution in [-0.4, -0.2) is 45.0 Å². The van der Waals surface area contributed by atoms with E-state index in [1.165, 1.54) is 47.9 Å². The maximum atomic E-state index is 12.1. The molecule has 0 unspecified atom stereocenters. The van der Waals surface area contributed by atoms with Crippen molar-refractivity contribution in [2.24, 2.45) is 0 Å². The Morgan fingerprint density at radius 3 is 2.15 bits per heavy atom. The quantitative estimate of drug-likeness (QED) is 0.263. The molecule has 0 atom stereocenters. The summed E-state index contributed by atoms with van der Waals surface area (Å²) in [5, 5.41) is 2.71. The van der Waals surface area contributed by atoms with Crippen LogP contribution in [0.3, 0.4) is 0 Å². The van der Waals surface area contributed by atoms with Gasteiger partial charge in [0, 0.05) is 18.9 Å². The topological polar surface area (TPSA) is 73.9 Å². The minimum atomic E-state index is -0.462. The molecule has 1 amide bonds. The number of carbonyl (C=O) groups excluding carboxylic acids is 2. The van der Waals surface area contributed by atoms with E-state index in [1.807, 2.05) is 24.3 Å². The summed E-state index contributed by atoms with van der Waals surface area (Å²) in [6, 6.07) is 16.5. The van der Waals surface area contributed by atoms with Crippen molar-refractivity contribution in [3.63, 3.8) is 0 Å². The van der Waals surface area contributed by atoms with Gasteiger partial charge in [0.15, 0.2) is 0 Å². The Kier molecular flexibility index (Phi) is 10.9. The van der Waals surface area contributed by atoms with Gasteiger partial charge in [0.1, 0.15) is 13.2 Å². The first-order valence-corrected chi connectivity index (χ1v) is 12.5. The van der Waals surface area contributed by atoms with E-state index in [0.717, 1.165) is 12.8 Å². The highest BCUT2D eigenvalue weighted by molar-refractivity contribution is 5.79. The van der Waals surface area contributed by atoms with Gasteiger partial charge in [0.2, 0.25) is 0 Å². The summed E-state index contributed by atoms with van der Waals surface area (Å²) in [6.07, 6.45) is 6.87. The average Bonchev–Trinajstić information content (AvgIpc) is 3.18. The first-order chi connectivity index (χ1) is 16.7. The third-order valence-electron chi connectivity index (χ3n) is 6.08. The zero-order chi connectivity index (χ0) is 24.0. The monoisotopic (exact) mass is 467 g/mol. The predicted octanol–water partition coefficient (Wildman–Crippen LogP) is 5.84. The fourth-order valence-corrected chi connectivity index (χ4v) is 4.31. The first-order valence-electron chi connectivity index (χ1n) is 12.5. The normalized spacial score (nSPS) is 12.1. The van der Waals surface area contributed by atoms with Crippen LogP contribution in [-0.2, 0) is 19.0 Å². The lowest BCUT2D eigenvalue weighted by atomic mass is 9.98. The zero-order valence-corrected chi connectivity index (χ0v) is 20.2. The summed E-state index contributed by atoms with van der Waals surface area (Å²) in [5.41, 5.74) is 4.78. The largest absolute Gasteiger partial charge is 0.463 e. The fraction of sp³-hybridized carbons (Fsp3) is 0.500. The number of nitrogens with one attached hydrogen (secondary N) is 1. The lowest BCUT2D eigenvalue weighted by Gasteiger charge is -2.14. The van der Waals surface area contributed by atoms with E-state index in [-0.39, 0.29) is 25.1 Å². The van der Waals surface area contributed by atoms with Crippen molar-refractivity contribution in [2.45, 2.75) is 57.8 Å². The Labute approximate surface area is 203 Å². The molecule has 1 aliphatic rings. The molecule has 2 aromatic rings. The molecule has 0 saturated heterocycles. The number of carbonyl (C=O) groups is 2. The van der Waals surface area contributed by atoms with Gasteiger partial charge in [-0.15, -0.1) is 0 Å². The van der Waals surface area contributed by atoms with Crippen LogP contribution < -0.4 is 5.32 Å². The van der Waals surface area contributed by atoms with Gasteiger partial charge >= 0.3 is 12.1 Å². The number of rotatable bonds is 15. The minimum Gasteiger partial charge on any atom is -0.463 e. The van der Waals surface area contributed by atoms with Crippen molar-refractivity contribution in [3.8, 4) is 11.1 Å². The van der Waals surface area contributed by atoms with Gasteiger partial charge in [0.05, 0.1) is 13.2 Å². The lowest BCUT2D eigenvalue weighted by molar-refractivity contribution is -0.145. The number of esters is 1. The lowest BCUT2D eigenvalue weighted by Crippen LogP contribution is -2.29. The molecule has 0 fully saturated rings. The summed E-state index contributed by atoms with van der Waals surface area (Å²) < 4.78 is 16.1. The molecule has 1 N–H and O–H groups in total. The molecule has 0 saturated carbocycles. The smallest absolute Gasteiger partial charge is 0.407 e. The third kappa shape index (κ3) is 7.87. The summed E-state index contributed by atoms with van der Waals surface area (Å²) in [6.45, 7) is 3.70. The average molecular weight is 468 g/mol. The molecule has 184 valence electrons. The van der Waals surface area contributed by atoms with E-state index in [2.05, 4.69) is 36.5 Å². The number of fused-ring (bicyclic) bond motifs is 3. The first kappa shape index (κ1) is 25.8. The molecular formula is C28H37NO5. The van der Waals surface area contributed by atoms with Crippen LogP contribution in [0.2, 0.25) is 0 Å². The second-order valence-electron chi connectivity index (χ2n) is 8.60. The van der Waals surface area contributed by atoms with E-state index in [4.69, 9.17) is 14.2 Å². The van der Waals surface area contributed by atoms with Crippen molar-refractivity contribution >= 4 is 12.1 Å². The summed E-state index contributed by atoms with van der Waals surface area (Å²) in [7, 11) is 0.